The van der Waals surface area contributed by atoms with E-state index in [1.165, 1.54) is 18.2 Å². The molecule has 2 aromatic rings. The number of hydrogen-bond donors (Lipinski definition) is 4. The number of fused-ring (bicyclic) bond motifs is 3. The van der Waals surface area contributed by atoms with Crippen LogP contribution in [0, 0.1) is 17.8 Å². The zero-order chi connectivity index (χ0) is 26.2. The molecular weight excluding hydrogens is 496 g/mol. The first-order chi connectivity index (χ1) is 18.3. The van der Waals surface area contributed by atoms with Gasteiger partial charge in [0.2, 0.25) is 11.9 Å². The lowest BCUT2D eigenvalue weighted by molar-refractivity contribution is -0.118. The molecule has 6 atom stereocenters. The van der Waals surface area contributed by atoms with Crippen molar-refractivity contribution in [2.45, 2.75) is 49.2 Å². The minimum Gasteiger partial charge on any atom is -0.497 e. The Morgan fingerprint density at radius 2 is 2.00 bits per heavy atom. The van der Waals surface area contributed by atoms with Crippen molar-refractivity contribution >= 4 is 23.4 Å². The number of aromatic nitrogens is 2. The Morgan fingerprint density at radius 3 is 2.76 bits per heavy atom. The topological polar surface area (TPSA) is 113 Å². The lowest BCUT2D eigenvalue weighted by atomic mass is 9.74. The molecule has 3 aliphatic heterocycles. The predicted octanol–water partition coefficient (Wildman–Crippen LogP) is 2.49. The fourth-order valence-corrected chi connectivity index (χ4v) is 7.08. The van der Waals surface area contributed by atoms with E-state index in [1.807, 2.05) is 18.2 Å². The van der Waals surface area contributed by atoms with Gasteiger partial charge >= 0.3 is 0 Å². The van der Waals surface area contributed by atoms with Gasteiger partial charge < -0.3 is 25.0 Å². The molecular formula is C26H31F2N7O3. The molecule has 4 fully saturated rings. The van der Waals surface area contributed by atoms with Gasteiger partial charge in [0, 0.05) is 17.6 Å². The van der Waals surface area contributed by atoms with Crippen molar-refractivity contribution in [2.24, 2.45) is 17.8 Å². The smallest absolute Gasteiger partial charge is 0.282 e. The van der Waals surface area contributed by atoms with Crippen LogP contribution in [-0.4, -0.2) is 61.3 Å². The maximum absolute atomic E-state index is 13.4. The Morgan fingerprint density at radius 1 is 1.16 bits per heavy atom. The molecule has 1 spiro atoms. The van der Waals surface area contributed by atoms with E-state index in [0.717, 1.165) is 42.7 Å². The summed E-state index contributed by atoms with van der Waals surface area (Å²) in [6.07, 6.45) is 5.24. The molecule has 5 aliphatic rings. The summed E-state index contributed by atoms with van der Waals surface area (Å²) in [5, 5.41) is 6.51. The number of nitrogens with zero attached hydrogens (tertiary/aromatic N) is 3. The van der Waals surface area contributed by atoms with Gasteiger partial charge in [-0.15, -0.1) is 0 Å². The molecule has 38 heavy (non-hydrogen) atoms. The van der Waals surface area contributed by atoms with Gasteiger partial charge in [-0.1, -0.05) is 0 Å². The number of nitrogens with one attached hydrogen (secondary N) is 4. The maximum Gasteiger partial charge on any atom is 0.282 e. The molecule has 0 bridgehead atoms. The van der Waals surface area contributed by atoms with E-state index in [0.29, 0.717) is 29.3 Å². The first kappa shape index (κ1) is 23.8. The van der Waals surface area contributed by atoms with Crippen molar-refractivity contribution < 1.29 is 23.0 Å². The van der Waals surface area contributed by atoms with E-state index in [1.54, 1.807) is 7.11 Å². The lowest BCUT2D eigenvalue weighted by Crippen LogP contribution is -2.57. The molecule has 202 valence electrons. The Hall–Kier alpha value is -3.25. The normalized spacial score (nSPS) is 34.3. The van der Waals surface area contributed by atoms with Crippen molar-refractivity contribution in [1.29, 1.82) is 0 Å². The summed E-state index contributed by atoms with van der Waals surface area (Å²) in [5.74, 6) is 0.411. The second-order valence-electron chi connectivity index (χ2n) is 11.2. The predicted molar refractivity (Wildman–Crippen MR) is 135 cm³/mol. The van der Waals surface area contributed by atoms with Crippen LogP contribution < -0.4 is 35.9 Å². The van der Waals surface area contributed by atoms with Crippen molar-refractivity contribution in [1.82, 2.24) is 20.8 Å². The van der Waals surface area contributed by atoms with Gasteiger partial charge in [-0.3, -0.25) is 10.2 Å². The van der Waals surface area contributed by atoms with E-state index in [4.69, 9.17) is 9.47 Å². The van der Waals surface area contributed by atoms with Crippen LogP contribution in [0.5, 0.6) is 11.5 Å². The molecule has 0 radical (unpaired) electrons. The highest BCUT2D eigenvalue weighted by Gasteiger charge is 2.67. The van der Waals surface area contributed by atoms with Crippen LogP contribution in [0.1, 0.15) is 31.2 Å². The Kier molecular flexibility index (Phi) is 5.25. The summed E-state index contributed by atoms with van der Waals surface area (Å²) in [6, 6.07) is 6.07. The van der Waals surface area contributed by atoms with E-state index in [-0.39, 0.29) is 37.2 Å². The highest BCUT2D eigenvalue weighted by molar-refractivity contribution is 6.09. The molecule has 10 nitrogen and oxygen atoms in total. The van der Waals surface area contributed by atoms with Crippen molar-refractivity contribution in [3.63, 3.8) is 0 Å². The standard InChI is InChI=1S/C26H31F2N7O3/c1-37-14-4-6-18-16(8-14)26(23(36)30-18)9-17(26)13-3-5-15-19(7-13)33-34-21(15)31-22-20(38-2)10-29-24(32-22)35-11-25(27,28)12-35/h4,6,8,10,13,15,17,19,21,33-34H,3,5,7,9,11-12H2,1-2H3,(H,30,36)(H,29,31,32)/t13?,15?,17-,19?,21?,26-/m0/s1. The average molecular weight is 528 g/mol. The minimum absolute atomic E-state index is 0.108. The van der Waals surface area contributed by atoms with Gasteiger partial charge in [0.25, 0.3) is 5.92 Å². The zero-order valence-corrected chi connectivity index (χ0v) is 21.3. The van der Waals surface area contributed by atoms with Gasteiger partial charge in [-0.05, 0) is 61.3 Å². The van der Waals surface area contributed by atoms with Crippen LogP contribution in [0.4, 0.5) is 26.2 Å². The third-order valence-electron chi connectivity index (χ3n) is 9.12. The molecule has 1 amide bonds. The SMILES string of the molecule is COc1ccc2c(c1)[C@]1(C[C@H]1C1CCC3C(C1)NNC3Nc1nc(N3CC(F)(F)C3)ncc1OC)C(=O)N2. The Bertz CT molecular complexity index is 1290. The molecule has 4 unspecified atom stereocenters. The van der Waals surface area contributed by atoms with Crippen LogP contribution in [0.25, 0.3) is 0 Å². The number of halogens is 2. The number of hydrogen-bond acceptors (Lipinski definition) is 9. The largest absolute Gasteiger partial charge is 0.497 e. The van der Waals surface area contributed by atoms with Gasteiger partial charge in [0.05, 0.1) is 45.1 Å². The number of carbonyl (C=O) groups is 1. The third kappa shape index (κ3) is 3.60. The quantitative estimate of drug-likeness (QED) is 0.450. The van der Waals surface area contributed by atoms with E-state index in [2.05, 4.69) is 31.5 Å². The second-order valence-corrected chi connectivity index (χ2v) is 11.2. The summed E-state index contributed by atoms with van der Waals surface area (Å²) in [5.41, 5.74) is 8.34. The molecule has 1 aromatic heterocycles. The molecule has 7 rings (SSSR count). The summed E-state index contributed by atoms with van der Waals surface area (Å²) < 4.78 is 37.6. The van der Waals surface area contributed by atoms with Gasteiger partial charge in [-0.2, -0.15) is 4.98 Å². The summed E-state index contributed by atoms with van der Waals surface area (Å²) in [6.45, 7) is -0.766. The third-order valence-corrected chi connectivity index (χ3v) is 9.12. The number of methoxy groups -OCH3 is 2. The van der Waals surface area contributed by atoms with E-state index < -0.39 is 11.3 Å². The van der Waals surface area contributed by atoms with E-state index >= 15 is 0 Å². The number of benzene rings is 1. The fourth-order valence-electron chi connectivity index (χ4n) is 7.08. The number of ether oxygens (including phenoxy) is 2. The zero-order valence-electron chi connectivity index (χ0n) is 21.3. The number of carbonyl (C=O) groups excluding carboxylic acids is 1. The average Bonchev–Trinajstić information content (AvgIpc) is 3.45. The summed E-state index contributed by atoms with van der Waals surface area (Å²) in [4.78, 5) is 23.2. The molecule has 4 heterocycles. The van der Waals surface area contributed by atoms with Crippen molar-refractivity contribution in [3.05, 3.63) is 30.0 Å². The monoisotopic (exact) mass is 527 g/mol. The fraction of sp³-hybridized carbons (Fsp3) is 0.577. The first-order valence-electron chi connectivity index (χ1n) is 13.1. The summed E-state index contributed by atoms with van der Waals surface area (Å²) in [7, 11) is 3.18. The second kappa shape index (κ2) is 8.37. The molecule has 2 aliphatic carbocycles. The molecule has 2 saturated heterocycles. The Balaban J connectivity index is 1.04. The van der Waals surface area contributed by atoms with Gasteiger partial charge in [0.15, 0.2) is 11.6 Å². The first-order valence-corrected chi connectivity index (χ1v) is 13.1. The maximum atomic E-state index is 13.4. The molecule has 12 heteroatoms. The van der Waals surface area contributed by atoms with Crippen LogP contribution in [0.15, 0.2) is 24.4 Å². The van der Waals surface area contributed by atoms with Gasteiger partial charge in [0.1, 0.15) is 5.75 Å². The van der Waals surface area contributed by atoms with Crippen LogP contribution in [-0.2, 0) is 10.2 Å². The number of hydrazine groups is 1. The number of rotatable bonds is 6. The molecule has 1 aromatic carbocycles. The van der Waals surface area contributed by atoms with Crippen LogP contribution >= 0.6 is 0 Å². The highest BCUT2D eigenvalue weighted by Crippen LogP contribution is 2.65. The Labute approximate surface area is 218 Å². The number of alkyl halides is 2. The van der Waals surface area contributed by atoms with Crippen molar-refractivity contribution in [2.75, 3.05) is 42.8 Å². The number of anilines is 3. The number of amides is 1. The molecule has 2 saturated carbocycles. The van der Waals surface area contributed by atoms with E-state index in [9.17, 15) is 13.6 Å². The minimum atomic E-state index is -2.70. The van der Waals surface area contributed by atoms with Gasteiger partial charge in [-0.25, -0.2) is 19.2 Å². The van der Waals surface area contributed by atoms with Crippen LogP contribution in [0.3, 0.4) is 0 Å². The lowest BCUT2D eigenvalue weighted by Gasteiger charge is -2.38. The van der Waals surface area contributed by atoms with Crippen molar-refractivity contribution in [3.8, 4) is 11.5 Å². The van der Waals surface area contributed by atoms with Crippen LogP contribution in [0.2, 0.25) is 0 Å². The molecule has 4 N–H and O–H groups in total. The highest BCUT2D eigenvalue weighted by atomic mass is 19.3. The summed E-state index contributed by atoms with van der Waals surface area (Å²) >= 11 is 0.